The standard InChI is InChI=1S/C20H17BN6/c1-21-17-13-25-27-19(24-12-15-3-2-8-23-11-15)9-18(26-20(17)27)16-6-4-14(10-22)5-7-16/h2-9,11,13,21,24H,12H2,1H3. The van der Waals surface area contributed by atoms with E-state index in [1.165, 1.54) is 0 Å². The molecule has 130 valence electrons. The van der Waals surface area contributed by atoms with Crippen molar-refractivity contribution >= 4 is 24.2 Å². The molecule has 0 saturated heterocycles. The van der Waals surface area contributed by atoms with Crippen molar-refractivity contribution in [3.05, 3.63) is 72.2 Å². The highest BCUT2D eigenvalue weighted by atomic mass is 15.3. The lowest BCUT2D eigenvalue weighted by Crippen LogP contribution is -2.13. The minimum absolute atomic E-state index is 0.633. The van der Waals surface area contributed by atoms with Gasteiger partial charge in [0, 0.05) is 36.8 Å². The van der Waals surface area contributed by atoms with E-state index in [0.717, 1.165) is 41.0 Å². The Hall–Kier alpha value is -3.66. The van der Waals surface area contributed by atoms with Gasteiger partial charge in [-0.3, -0.25) is 4.98 Å². The average molecular weight is 352 g/mol. The van der Waals surface area contributed by atoms with Gasteiger partial charge in [-0.1, -0.05) is 25.0 Å². The molecule has 0 bridgehead atoms. The fourth-order valence-electron chi connectivity index (χ4n) is 2.94. The SMILES string of the molecule is CBc1cnn2c(NCc3cccnc3)cc(-c3ccc(C#N)cc3)nc12. The maximum atomic E-state index is 9.01. The monoisotopic (exact) mass is 352 g/mol. The third-order valence-corrected chi connectivity index (χ3v) is 4.43. The number of nitrogens with zero attached hydrogens (tertiary/aromatic N) is 5. The number of rotatable bonds is 5. The molecule has 4 rings (SSSR count). The highest BCUT2D eigenvalue weighted by Crippen LogP contribution is 2.22. The van der Waals surface area contributed by atoms with Crippen molar-refractivity contribution in [3.63, 3.8) is 0 Å². The summed E-state index contributed by atoms with van der Waals surface area (Å²) in [6.07, 6.45) is 5.46. The van der Waals surface area contributed by atoms with Crippen molar-refractivity contribution in [2.45, 2.75) is 13.4 Å². The van der Waals surface area contributed by atoms with Crippen molar-refractivity contribution in [2.24, 2.45) is 0 Å². The highest BCUT2D eigenvalue weighted by molar-refractivity contribution is 6.54. The molecular weight excluding hydrogens is 335 g/mol. The summed E-state index contributed by atoms with van der Waals surface area (Å²) in [5.74, 6) is 0.864. The van der Waals surface area contributed by atoms with Crippen LogP contribution >= 0.6 is 0 Å². The molecule has 0 saturated carbocycles. The molecule has 0 aliphatic rings. The van der Waals surface area contributed by atoms with Gasteiger partial charge in [0.05, 0.1) is 17.3 Å². The molecular formula is C20H17BN6. The highest BCUT2D eigenvalue weighted by Gasteiger charge is 2.12. The van der Waals surface area contributed by atoms with Gasteiger partial charge in [-0.05, 0) is 29.2 Å². The molecule has 7 heteroatoms. The maximum Gasteiger partial charge on any atom is 0.161 e. The van der Waals surface area contributed by atoms with Crippen LogP contribution in [0.1, 0.15) is 11.1 Å². The van der Waals surface area contributed by atoms with Crippen LogP contribution in [-0.4, -0.2) is 26.9 Å². The predicted octanol–water partition coefficient (Wildman–Crippen LogP) is 2.38. The van der Waals surface area contributed by atoms with E-state index in [9.17, 15) is 0 Å². The van der Waals surface area contributed by atoms with E-state index < -0.39 is 0 Å². The zero-order valence-corrected chi connectivity index (χ0v) is 14.9. The quantitative estimate of drug-likeness (QED) is 0.558. The van der Waals surface area contributed by atoms with Crippen LogP contribution in [0.25, 0.3) is 16.9 Å². The molecule has 0 aliphatic heterocycles. The number of hydrogen-bond donors (Lipinski definition) is 1. The third kappa shape index (κ3) is 3.38. The van der Waals surface area contributed by atoms with E-state index in [-0.39, 0.29) is 0 Å². The molecule has 3 heterocycles. The number of fused-ring (bicyclic) bond motifs is 1. The van der Waals surface area contributed by atoms with E-state index in [4.69, 9.17) is 10.2 Å². The summed E-state index contributed by atoms with van der Waals surface area (Å²) in [6.45, 7) is 2.73. The number of benzene rings is 1. The predicted molar refractivity (Wildman–Crippen MR) is 107 cm³/mol. The molecule has 27 heavy (non-hydrogen) atoms. The van der Waals surface area contributed by atoms with Crippen LogP contribution in [0.3, 0.4) is 0 Å². The van der Waals surface area contributed by atoms with Crippen LogP contribution in [0.15, 0.2) is 61.1 Å². The van der Waals surface area contributed by atoms with E-state index >= 15 is 0 Å². The zero-order valence-electron chi connectivity index (χ0n) is 14.9. The fourth-order valence-corrected chi connectivity index (χ4v) is 2.94. The number of anilines is 1. The summed E-state index contributed by atoms with van der Waals surface area (Å²) in [5, 5.41) is 16.9. The number of hydrogen-bond acceptors (Lipinski definition) is 5. The lowest BCUT2D eigenvalue weighted by molar-refractivity contribution is 0.925. The first kappa shape index (κ1) is 16.8. The van der Waals surface area contributed by atoms with Crippen LogP contribution < -0.4 is 10.8 Å². The molecule has 0 amide bonds. The normalized spacial score (nSPS) is 10.5. The number of pyridine rings is 1. The molecule has 6 nitrogen and oxygen atoms in total. The Balaban J connectivity index is 1.76. The van der Waals surface area contributed by atoms with Gasteiger partial charge in [-0.15, -0.1) is 0 Å². The zero-order chi connectivity index (χ0) is 18.6. The lowest BCUT2D eigenvalue weighted by atomic mass is 9.75. The van der Waals surface area contributed by atoms with Crippen LogP contribution in [0.4, 0.5) is 5.82 Å². The summed E-state index contributed by atoms with van der Waals surface area (Å²) >= 11 is 0. The minimum atomic E-state index is 0.633. The van der Waals surface area contributed by atoms with Crippen molar-refractivity contribution in [1.82, 2.24) is 19.6 Å². The molecule has 0 aliphatic carbocycles. The number of nitriles is 1. The van der Waals surface area contributed by atoms with Crippen molar-refractivity contribution < 1.29 is 0 Å². The third-order valence-electron chi connectivity index (χ3n) is 4.43. The van der Waals surface area contributed by atoms with Gasteiger partial charge in [0.25, 0.3) is 0 Å². The second kappa shape index (κ2) is 7.30. The van der Waals surface area contributed by atoms with Gasteiger partial charge in [-0.2, -0.15) is 14.9 Å². The molecule has 0 radical (unpaired) electrons. The molecule has 0 fully saturated rings. The molecule has 0 atom stereocenters. The minimum Gasteiger partial charge on any atom is -0.366 e. The van der Waals surface area contributed by atoms with Crippen LogP contribution in [0, 0.1) is 11.3 Å². The van der Waals surface area contributed by atoms with E-state index in [2.05, 4.69) is 28.3 Å². The first-order valence-electron chi connectivity index (χ1n) is 8.79. The Kier molecular flexibility index (Phi) is 4.54. The first-order valence-corrected chi connectivity index (χ1v) is 8.79. The van der Waals surface area contributed by atoms with Gasteiger partial charge < -0.3 is 5.32 Å². The Labute approximate surface area is 157 Å². The average Bonchev–Trinajstić information content (AvgIpc) is 3.16. The van der Waals surface area contributed by atoms with E-state index in [0.29, 0.717) is 12.1 Å². The molecule has 0 unspecified atom stereocenters. The summed E-state index contributed by atoms with van der Waals surface area (Å²) in [7, 11) is 0.857. The van der Waals surface area contributed by atoms with Crippen LogP contribution in [-0.2, 0) is 6.54 Å². The fraction of sp³-hybridized carbons (Fsp3) is 0.100. The molecule has 3 aromatic heterocycles. The first-order chi connectivity index (χ1) is 13.3. The van der Waals surface area contributed by atoms with Gasteiger partial charge >= 0.3 is 0 Å². The Morgan fingerprint density at radius 1 is 1.19 bits per heavy atom. The van der Waals surface area contributed by atoms with E-state index in [1.54, 1.807) is 18.3 Å². The smallest absolute Gasteiger partial charge is 0.161 e. The molecule has 4 aromatic rings. The van der Waals surface area contributed by atoms with Crippen LogP contribution in [0.2, 0.25) is 6.82 Å². The summed E-state index contributed by atoms with van der Waals surface area (Å²) in [6, 6.07) is 15.5. The van der Waals surface area contributed by atoms with Gasteiger partial charge in [0.2, 0.25) is 0 Å². The van der Waals surface area contributed by atoms with Gasteiger partial charge in [0.15, 0.2) is 12.9 Å². The van der Waals surface area contributed by atoms with E-state index in [1.807, 2.05) is 47.2 Å². The summed E-state index contributed by atoms with van der Waals surface area (Å²) in [5.41, 5.74) is 5.46. The van der Waals surface area contributed by atoms with Crippen molar-refractivity contribution in [1.29, 1.82) is 5.26 Å². The van der Waals surface area contributed by atoms with Crippen molar-refractivity contribution in [3.8, 4) is 17.3 Å². The molecule has 1 N–H and O–H groups in total. The number of aromatic nitrogens is 4. The second-order valence-electron chi connectivity index (χ2n) is 6.19. The maximum absolute atomic E-state index is 9.01. The van der Waals surface area contributed by atoms with Gasteiger partial charge in [-0.25, -0.2) is 4.98 Å². The lowest BCUT2D eigenvalue weighted by Gasteiger charge is -2.11. The van der Waals surface area contributed by atoms with Crippen molar-refractivity contribution in [2.75, 3.05) is 5.32 Å². The second-order valence-corrected chi connectivity index (χ2v) is 6.19. The Bertz CT molecular complexity index is 1110. The summed E-state index contributed by atoms with van der Waals surface area (Å²) < 4.78 is 1.84. The summed E-state index contributed by atoms with van der Waals surface area (Å²) in [4.78, 5) is 8.97. The number of nitrogens with one attached hydrogen (secondary N) is 1. The largest absolute Gasteiger partial charge is 0.366 e. The Morgan fingerprint density at radius 3 is 2.74 bits per heavy atom. The van der Waals surface area contributed by atoms with Gasteiger partial charge in [0.1, 0.15) is 5.82 Å². The molecule has 1 aromatic carbocycles. The van der Waals surface area contributed by atoms with Crippen LogP contribution in [0.5, 0.6) is 0 Å². The Morgan fingerprint density at radius 2 is 2.04 bits per heavy atom. The molecule has 0 spiro atoms. The topological polar surface area (TPSA) is 78.9 Å².